The maximum absolute atomic E-state index is 11.7. The fourth-order valence-corrected chi connectivity index (χ4v) is 4.75. The predicted molar refractivity (Wildman–Crippen MR) is 113 cm³/mol. The Morgan fingerprint density at radius 1 is 1.04 bits per heavy atom. The van der Waals surface area contributed by atoms with Crippen LogP contribution in [0.4, 0.5) is 0 Å². The molecule has 1 aliphatic rings. The average molecular weight is 421 g/mol. The fraction of sp³-hybridized carbons (Fsp3) is 0.350. The Hall–Kier alpha value is -1.30. The molecular weight excluding hydrogens is 396 g/mol. The largest absolute Gasteiger partial charge is 0.369 e. The van der Waals surface area contributed by atoms with E-state index >= 15 is 0 Å². The van der Waals surface area contributed by atoms with Crippen molar-refractivity contribution in [1.29, 1.82) is 0 Å². The number of halogens is 1. The second-order valence-corrected chi connectivity index (χ2v) is 6.87. The van der Waals surface area contributed by atoms with E-state index in [2.05, 4.69) is 41.1 Å². The highest BCUT2D eigenvalue weighted by molar-refractivity contribution is 8.93. The number of aliphatic hydroxyl groups is 1. The Balaban J connectivity index is 0.00000225. The topological polar surface area (TPSA) is 35.8 Å². The van der Waals surface area contributed by atoms with Gasteiger partial charge in [-0.2, -0.15) is 0 Å². The Kier molecular flexibility index (Phi) is 7.11. The monoisotopic (exact) mass is 420 g/mol. The van der Waals surface area contributed by atoms with Gasteiger partial charge in [0.1, 0.15) is 0 Å². The minimum Gasteiger partial charge on any atom is -0.369 e. The summed E-state index contributed by atoms with van der Waals surface area (Å²) in [4.78, 5) is 6.65. The Bertz CT molecular complexity index is 656. The van der Waals surface area contributed by atoms with Gasteiger partial charge in [0.15, 0.2) is 10.9 Å². The summed E-state index contributed by atoms with van der Waals surface area (Å²) in [5.74, 6) is 0.505. The normalized spacial score (nSPS) is 21.6. The van der Waals surface area contributed by atoms with Crippen molar-refractivity contribution >= 4 is 33.9 Å². The van der Waals surface area contributed by atoms with Crippen LogP contribution in [0.3, 0.4) is 0 Å². The van der Waals surface area contributed by atoms with E-state index in [0.717, 1.165) is 29.4 Å². The number of aliphatic imine (C=N–C) groups is 1. The molecule has 25 heavy (non-hydrogen) atoms. The molecule has 0 radical (unpaired) electrons. The summed E-state index contributed by atoms with van der Waals surface area (Å²) in [5, 5.41) is 12.7. The number of hydrogen-bond donors (Lipinski definition) is 1. The second-order valence-electron chi connectivity index (χ2n) is 5.92. The van der Waals surface area contributed by atoms with Gasteiger partial charge in [-0.1, -0.05) is 72.4 Å². The molecule has 1 fully saturated rings. The van der Waals surface area contributed by atoms with Crippen molar-refractivity contribution in [3.8, 4) is 0 Å². The first kappa shape index (κ1) is 20.0. The van der Waals surface area contributed by atoms with Gasteiger partial charge in [0.2, 0.25) is 0 Å². The van der Waals surface area contributed by atoms with E-state index in [-0.39, 0.29) is 22.9 Å². The Morgan fingerprint density at radius 2 is 1.56 bits per heavy atom. The van der Waals surface area contributed by atoms with E-state index in [1.54, 1.807) is 11.8 Å². The molecule has 2 aromatic rings. The molecule has 1 atom stereocenters. The van der Waals surface area contributed by atoms with E-state index in [0.29, 0.717) is 5.75 Å². The summed E-state index contributed by atoms with van der Waals surface area (Å²) in [6, 6.07) is 20.6. The summed E-state index contributed by atoms with van der Waals surface area (Å²) >= 11 is 1.65. The standard InChI is InChI=1S/C20H24N2OS.BrH/c1-3-21-19-22(4-2)20(23,15-24-19)18(16-11-7-5-8-12-16)17-13-9-6-10-14-17;/h5-14,18,23H,3-4,15H2,1-2H3;1H. The van der Waals surface area contributed by atoms with Crippen LogP contribution in [0, 0.1) is 0 Å². The van der Waals surface area contributed by atoms with Crippen molar-refractivity contribution in [2.24, 2.45) is 4.99 Å². The lowest BCUT2D eigenvalue weighted by molar-refractivity contribution is -0.0532. The van der Waals surface area contributed by atoms with Gasteiger partial charge < -0.3 is 10.0 Å². The third-order valence-electron chi connectivity index (χ3n) is 4.45. The molecule has 1 aliphatic heterocycles. The van der Waals surface area contributed by atoms with Crippen molar-refractivity contribution < 1.29 is 5.11 Å². The quantitative estimate of drug-likeness (QED) is 0.771. The smallest absolute Gasteiger partial charge is 0.161 e. The first-order chi connectivity index (χ1) is 11.7. The maximum atomic E-state index is 11.7. The van der Waals surface area contributed by atoms with Gasteiger partial charge >= 0.3 is 0 Å². The molecule has 0 aromatic heterocycles. The minimum absolute atomic E-state index is 0. The zero-order chi connectivity index (χ0) is 17.0. The number of likely N-dealkylation sites (N-methyl/N-ethyl adjacent to an activating group) is 1. The number of nitrogens with zero attached hydrogens (tertiary/aromatic N) is 2. The fourth-order valence-electron chi connectivity index (χ4n) is 3.42. The number of hydrogen-bond acceptors (Lipinski definition) is 3. The van der Waals surface area contributed by atoms with Crippen LogP contribution >= 0.6 is 28.7 Å². The number of rotatable bonds is 5. The van der Waals surface area contributed by atoms with Gasteiger partial charge in [-0.3, -0.25) is 4.99 Å². The molecule has 5 heteroatoms. The Morgan fingerprint density at radius 3 is 2.00 bits per heavy atom. The molecule has 2 aromatic carbocycles. The molecule has 0 bridgehead atoms. The summed E-state index contributed by atoms with van der Waals surface area (Å²) in [6.45, 7) is 5.58. The zero-order valence-electron chi connectivity index (χ0n) is 14.6. The molecule has 1 N–H and O–H groups in total. The summed E-state index contributed by atoms with van der Waals surface area (Å²) in [6.07, 6.45) is 0. The SMILES string of the molecule is Br.CCN=C1SCC(O)(C(c2ccccc2)c2ccccc2)N1CC. The van der Waals surface area contributed by atoms with Gasteiger partial charge in [-0.05, 0) is 25.0 Å². The molecule has 1 unspecified atom stereocenters. The Labute approximate surface area is 164 Å². The van der Waals surface area contributed by atoms with Gasteiger partial charge in [-0.25, -0.2) is 0 Å². The van der Waals surface area contributed by atoms with E-state index in [1.165, 1.54) is 0 Å². The van der Waals surface area contributed by atoms with Gasteiger partial charge in [0.05, 0.1) is 5.92 Å². The van der Waals surface area contributed by atoms with E-state index < -0.39 is 5.72 Å². The number of benzene rings is 2. The van der Waals surface area contributed by atoms with Crippen molar-refractivity contribution in [3.05, 3.63) is 71.8 Å². The summed E-state index contributed by atoms with van der Waals surface area (Å²) in [7, 11) is 0. The third-order valence-corrected chi connectivity index (χ3v) is 5.63. The molecule has 0 saturated carbocycles. The van der Waals surface area contributed by atoms with Crippen LogP contribution in [-0.2, 0) is 0 Å². The van der Waals surface area contributed by atoms with Crippen LogP contribution < -0.4 is 0 Å². The summed E-state index contributed by atoms with van der Waals surface area (Å²) in [5.41, 5.74) is 1.28. The zero-order valence-corrected chi connectivity index (χ0v) is 17.2. The highest BCUT2D eigenvalue weighted by atomic mass is 79.9. The number of thioether (sulfide) groups is 1. The van der Waals surface area contributed by atoms with E-state index in [4.69, 9.17) is 0 Å². The van der Waals surface area contributed by atoms with Crippen molar-refractivity contribution in [1.82, 2.24) is 4.90 Å². The molecule has 3 nitrogen and oxygen atoms in total. The van der Waals surface area contributed by atoms with Crippen LogP contribution in [0.5, 0.6) is 0 Å². The molecule has 0 amide bonds. The van der Waals surface area contributed by atoms with E-state index in [1.807, 2.05) is 43.3 Å². The molecule has 134 valence electrons. The van der Waals surface area contributed by atoms with E-state index in [9.17, 15) is 5.11 Å². The number of amidine groups is 1. The molecule has 0 spiro atoms. The highest BCUT2D eigenvalue weighted by Gasteiger charge is 2.49. The molecule has 0 aliphatic carbocycles. The van der Waals surface area contributed by atoms with Crippen LogP contribution in [0.1, 0.15) is 30.9 Å². The van der Waals surface area contributed by atoms with Gasteiger partial charge in [-0.15, -0.1) is 17.0 Å². The lowest BCUT2D eigenvalue weighted by Gasteiger charge is -2.40. The maximum Gasteiger partial charge on any atom is 0.161 e. The predicted octanol–water partition coefficient (Wildman–Crippen LogP) is 4.53. The lowest BCUT2D eigenvalue weighted by Crippen LogP contribution is -2.52. The highest BCUT2D eigenvalue weighted by Crippen LogP contribution is 2.44. The van der Waals surface area contributed by atoms with Gasteiger partial charge in [0.25, 0.3) is 0 Å². The molecule has 1 heterocycles. The first-order valence-electron chi connectivity index (χ1n) is 8.47. The van der Waals surface area contributed by atoms with Crippen LogP contribution in [0.2, 0.25) is 0 Å². The third kappa shape index (κ3) is 3.94. The van der Waals surface area contributed by atoms with Crippen molar-refractivity contribution in [2.45, 2.75) is 25.5 Å². The lowest BCUT2D eigenvalue weighted by atomic mass is 9.82. The van der Waals surface area contributed by atoms with Crippen LogP contribution in [0.15, 0.2) is 65.7 Å². The molecule has 3 rings (SSSR count). The molecular formula is C20H25BrN2OS. The minimum atomic E-state index is -0.976. The van der Waals surface area contributed by atoms with Crippen LogP contribution in [-0.4, -0.2) is 39.7 Å². The van der Waals surface area contributed by atoms with Crippen molar-refractivity contribution in [3.63, 3.8) is 0 Å². The summed E-state index contributed by atoms with van der Waals surface area (Å²) < 4.78 is 0. The van der Waals surface area contributed by atoms with Gasteiger partial charge in [0, 0.05) is 18.8 Å². The molecule has 1 saturated heterocycles. The average Bonchev–Trinajstić information content (AvgIpc) is 2.93. The van der Waals surface area contributed by atoms with Crippen LogP contribution in [0.25, 0.3) is 0 Å². The second kappa shape index (κ2) is 8.88. The first-order valence-corrected chi connectivity index (χ1v) is 9.46. The van der Waals surface area contributed by atoms with Crippen molar-refractivity contribution in [2.75, 3.05) is 18.8 Å².